The van der Waals surface area contributed by atoms with Gasteiger partial charge in [0.15, 0.2) is 0 Å². The molecule has 17 heavy (non-hydrogen) atoms. The van der Waals surface area contributed by atoms with Crippen LogP contribution in [0, 0.1) is 11.7 Å². The molecule has 0 aliphatic carbocycles. The maximum absolute atomic E-state index is 13.8. The Kier molecular flexibility index (Phi) is 3.79. The van der Waals surface area contributed by atoms with E-state index in [9.17, 15) is 4.39 Å². The lowest BCUT2D eigenvalue weighted by molar-refractivity contribution is 0.217. The van der Waals surface area contributed by atoms with E-state index in [1.165, 1.54) is 6.07 Å². The Morgan fingerprint density at radius 3 is 2.76 bits per heavy atom. The van der Waals surface area contributed by atoms with Crippen LogP contribution in [0.3, 0.4) is 0 Å². The molecule has 2 nitrogen and oxygen atoms in total. The zero-order chi connectivity index (χ0) is 12.4. The average Bonchev–Trinajstić information content (AvgIpc) is 2.60. The molecule has 94 valence electrons. The Labute approximate surface area is 103 Å². The van der Waals surface area contributed by atoms with Crippen LogP contribution in [0.4, 0.5) is 4.39 Å². The van der Waals surface area contributed by atoms with Gasteiger partial charge in [0.2, 0.25) is 0 Å². The van der Waals surface area contributed by atoms with E-state index >= 15 is 0 Å². The lowest BCUT2D eigenvalue weighted by atomic mass is 9.99. The van der Waals surface area contributed by atoms with Gasteiger partial charge in [0, 0.05) is 24.7 Å². The zero-order valence-corrected chi connectivity index (χ0v) is 10.6. The molecular weight excluding hydrogens is 215 g/mol. The minimum Gasteiger partial charge on any atom is -0.326 e. The van der Waals surface area contributed by atoms with E-state index in [4.69, 9.17) is 5.73 Å². The van der Waals surface area contributed by atoms with Crippen LogP contribution in [0.25, 0.3) is 0 Å². The Morgan fingerprint density at radius 2 is 2.12 bits per heavy atom. The van der Waals surface area contributed by atoms with Crippen molar-refractivity contribution in [2.24, 2.45) is 11.7 Å². The predicted molar refractivity (Wildman–Crippen MR) is 68.1 cm³/mol. The fourth-order valence-corrected chi connectivity index (χ4v) is 2.70. The Hall–Kier alpha value is -0.930. The summed E-state index contributed by atoms with van der Waals surface area (Å²) in [5, 5.41) is 0. The average molecular weight is 236 g/mol. The van der Waals surface area contributed by atoms with Gasteiger partial charge in [-0.05, 0) is 18.4 Å². The van der Waals surface area contributed by atoms with Crippen LogP contribution >= 0.6 is 0 Å². The topological polar surface area (TPSA) is 29.3 Å². The fraction of sp³-hybridized carbons (Fsp3) is 0.571. The normalized spacial score (nSPS) is 25.7. The van der Waals surface area contributed by atoms with Crippen molar-refractivity contribution in [1.29, 1.82) is 0 Å². The van der Waals surface area contributed by atoms with Crippen molar-refractivity contribution in [2.45, 2.75) is 32.4 Å². The quantitative estimate of drug-likeness (QED) is 0.874. The summed E-state index contributed by atoms with van der Waals surface area (Å²) in [5.74, 6) is 0.443. The van der Waals surface area contributed by atoms with Crippen molar-refractivity contribution < 1.29 is 4.39 Å². The van der Waals surface area contributed by atoms with Crippen molar-refractivity contribution >= 4 is 0 Å². The number of halogens is 1. The molecule has 1 aromatic rings. The summed E-state index contributed by atoms with van der Waals surface area (Å²) >= 11 is 0. The minimum atomic E-state index is -0.136. The molecule has 1 heterocycles. The molecule has 1 aromatic carbocycles. The Morgan fingerprint density at radius 1 is 1.41 bits per heavy atom. The summed E-state index contributed by atoms with van der Waals surface area (Å²) in [6, 6.07) is 7.08. The third-order valence-electron chi connectivity index (χ3n) is 3.37. The zero-order valence-electron chi connectivity index (χ0n) is 10.6. The first kappa shape index (κ1) is 12.5. The van der Waals surface area contributed by atoms with Gasteiger partial charge in [0.25, 0.3) is 0 Å². The summed E-state index contributed by atoms with van der Waals surface area (Å²) in [4.78, 5) is 2.31. The van der Waals surface area contributed by atoms with E-state index in [1.807, 2.05) is 12.1 Å². The SMILES string of the molecule is CC(C)CN1CCC(N)C1c1ccccc1F. The first-order chi connectivity index (χ1) is 8.09. The highest BCUT2D eigenvalue weighted by atomic mass is 19.1. The van der Waals surface area contributed by atoms with Crippen molar-refractivity contribution in [1.82, 2.24) is 4.90 Å². The van der Waals surface area contributed by atoms with Gasteiger partial charge in [-0.25, -0.2) is 4.39 Å². The molecule has 2 rings (SSSR count). The summed E-state index contributed by atoms with van der Waals surface area (Å²) in [6.07, 6.45) is 0.950. The van der Waals surface area contributed by atoms with E-state index in [1.54, 1.807) is 6.07 Å². The van der Waals surface area contributed by atoms with Crippen LogP contribution in [-0.4, -0.2) is 24.0 Å². The van der Waals surface area contributed by atoms with E-state index in [2.05, 4.69) is 18.7 Å². The van der Waals surface area contributed by atoms with E-state index in [-0.39, 0.29) is 17.9 Å². The highest BCUT2D eigenvalue weighted by Gasteiger charge is 2.34. The molecule has 0 amide bonds. The maximum atomic E-state index is 13.8. The van der Waals surface area contributed by atoms with Gasteiger partial charge in [-0.2, -0.15) is 0 Å². The Bertz CT molecular complexity index is 378. The maximum Gasteiger partial charge on any atom is 0.128 e. The Balaban J connectivity index is 2.24. The summed E-state index contributed by atoms with van der Waals surface area (Å²) in [7, 11) is 0. The third kappa shape index (κ3) is 2.67. The molecular formula is C14H21FN2. The fourth-order valence-electron chi connectivity index (χ4n) is 2.70. The predicted octanol–water partition coefficient (Wildman–Crippen LogP) is 2.56. The van der Waals surface area contributed by atoms with Gasteiger partial charge < -0.3 is 5.73 Å². The lowest BCUT2D eigenvalue weighted by Crippen LogP contribution is -2.34. The largest absolute Gasteiger partial charge is 0.326 e. The molecule has 0 radical (unpaired) electrons. The van der Waals surface area contributed by atoms with Crippen molar-refractivity contribution in [3.05, 3.63) is 35.6 Å². The van der Waals surface area contributed by atoms with Crippen LogP contribution in [0.1, 0.15) is 31.9 Å². The van der Waals surface area contributed by atoms with E-state index in [0.717, 1.165) is 25.1 Å². The highest BCUT2D eigenvalue weighted by Crippen LogP contribution is 2.32. The molecule has 0 spiro atoms. The van der Waals surface area contributed by atoms with Gasteiger partial charge in [0.1, 0.15) is 5.82 Å². The second-order valence-electron chi connectivity index (χ2n) is 5.31. The van der Waals surface area contributed by atoms with Crippen molar-refractivity contribution in [2.75, 3.05) is 13.1 Å². The first-order valence-corrected chi connectivity index (χ1v) is 6.33. The van der Waals surface area contributed by atoms with Crippen LogP contribution in [0.15, 0.2) is 24.3 Å². The molecule has 2 unspecified atom stereocenters. The van der Waals surface area contributed by atoms with Gasteiger partial charge in [-0.15, -0.1) is 0 Å². The second kappa shape index (κ2) is 5.15. The molecule has 0 bridgehead atoms. The van der Waals surface area contributed by atoms with Crippen LogP contribution < -0.4 is 5.73 Å². The van der Waals surface area contributed by atoms with Crippen molar-refractivity contribution in [3.8, 4) is 0 Å². The number of nitrogens with zero attached hydrogens (tertiary/aromatic N) is 1. The third-order valence-corrected chi connectivity index (χ3v) is 3.37. The van der Waals surface area contributed by atoms with Crippen LogP contribution in [0.5, 0.6) is 0 Å². The molecule has 1 fully saturated rings. The highest BCUT2D eigenvalue weighted by molar-refractivity contribution is 5.24. The number of likely N-dealkylation sites (tertiary alicyclic amines) is 1. The van der Waals surface area contributed by atoms with Crippen LogP contribution in [0.2, 0.25) is 0 Å². The van der Waals surface area contributed by atoms with Gasteiger partial charge in [0.05, 0.1) is 6.04 Å². The number of benzene rings is 1. The number of nitrogens with two attached hydrogens (primary N) is 1. The molecule has 0 aromatic heterocycles. The molecule has 0 saturated carbocycles. The monoisotopic (exact) mass is 236 g/mol. The van der Waals surface area contributed by atoms with E-state index < -0.39 is 0 Å². The number of rotatable bonds is 3. The van der Waals surface area contributed by atoms with Crippen molar-refractivity contribution in [3.63, 3.8) is 0 Å². The summed E-state index contributed by atoms with van der Waals surface area (Å²) in [5.41, 5.74) is 6.89. The second-order valence-corrected chi connectivity index (χ2v) is 5.31. The van der Waals surface area contributed by atoms with Gasteiger partial charge >= 0.3 is 0 Å². The number of hydrogen-bond donors (Lipinski definition) is 1. The first-order valence-electron chi connectivity index (χ1n) is 6.33. The van der Waals surface area contributed by atoms with Gasteiger partial charge in [-0.1, -0.05) is 32.0 Å². The summed E-state index contributed by atoms with van der Waals surface area (Å²) in [6.45, 7) is 6.32. The molecule has 3 heteroatoms. The minimum absolute atomic E-state index is 0.0404. The number of hydrogen-bond acceptors (Lipinski definition) is 2. The standard InChI is InChI=1S/C14H21FN2/c1-10(2)9-17-8-7-13(16)14(17)11-5-3-4-6-12(11)15/h3-6,10,13-14H,7-9,16H2,1-2H3. The smallest absolute Gasteiger partial charge is 0.128 e. The molecule has 1 saturated heterocycles. The molecule has 1 aliphatic heterocycles. The van der Waals surface area contributed by atoms with Gasteiger partial charge in [-0.3, -0.25) is 4.90 Å². The molecule has 2 atom stereocenters. The molecule has 1 aliphatic rings. The van der Waals surface area contributed by atoms with Crippen LogP contribution in [-0.2, 0) is 0 Å². The van der Waals surface area contributed by atoms with E-state index in [0.29, 0.717) is 5.92 Å². The summed E-state index contributed by atoms with van der Waals surface area (Å²) < 4.78 is 13.8. The molecule has 2 N–H and O–H groups in total. The lowest BCUT2D eigenvalue weighted by Gasteiger charge is -2.28.